The molecule has 0 aromatic rings. The SMILES string of the molecule is CCNC(=NCCCC(=O)NC1CC1)NCCN(C(C)C)C(C)C. The maximum Gasteiger partial charge on any atom is 0.220 e. The van der Waals surface area contributed by atoms with Gasteiger partial charge in [0, 0.05) is 50.7 Å². The van der Waals surface area contributed by atoms with E-state index in [1.807, 2.05) is 0 Å². The Kier molecular flexibility index (Phi) is 9.76. The maximum atomic E-state index is 11.6. The van der Waals surface area contributed by atoms with Gasteiger partial charge in [0.05, 0.1) is 0 Å². The molecule has 0 spiro atoms. The van der Waals surface area contributed by atoms with Crippen molar-refractivity contribution in [3.8, 4) is 0 Å². The van der Waals surface area contributed by atoms with Gasteiger partial charge in [0.1, 0.15) is 0 Å². The summed E-state index contributed by atoms with van der Waals surface area (Å²) in [6, 6.07) is 1.53. The molecule has 0 aromatic heterocycles. The van der Waals surface area contributed by atoms with Crippen LogP contribution in [0.25, 0.3) is 0 Å². The predicted octanol–water partition coefficient (Wildman–Crippen LogP) is 1.72. The molecule has 0 aliphatic heterocycles. The molecule has 0 bridgehead atoms. The molecule has 0 aromatic carbocycles. The molecule has 0 radical (unpaired) electrons. The number of carbonyl (C=O) groups is 1. The van der Waals surface area contributed by atoms with Crippen LogP contribution in [0, 0.1) is 0 Å². The minimum Gasteiger partial charge on any atom is -0.357 e. The highest BCUT2D eigenvalue weighted by Crippen LogP contribution is 2.18. The van der Waals surface area contributed by atoms with Crippen LogP contribution in [0.2, 0.25) is 0 Å². The van der Waals surface area contributed by atoms with Crippen LogP contribution in [0.5, 0.6) is 0 Å². The first kappa shape index (κ1) is 20.7. The highest BCUT2D eigenvalue weighted by Gasteiger charge is 2.22. The molecule has 1 amide bonds. The quantitative estimate of drug-likeness (QED) is 0.305. The summed E-state index contributed by atoms with van der Waals surface area (Å²) in [4.78, 5) is 18.7. The van der Waals surface area contributed by atoms with Crippen molar-refractivity contribution in [3.63, 3.8) is 0 Å². The molecule has 1 aliphatic rings. The van der Waals surface area contributed by atoms with E-state index in [2.05, 4.69) is 60.5 Å². The summed E-state index contributed by atoms with van der Waals surface area (Å²) in [5.74, 6) is 1.00. The van der Waals surface area contributed by atoms with Crippen LogP contribution in [0.15, 0.2) is 4.99 Å². The molecule has 1 saturated carbocycles. The van der Waals surface area contributed by atoms with Gasteiger partial charge in [-0.15, -0.1) is 0 Å². The zero-order valence-electron chi connectivity index (χ0n) is 16.2. The number of carbonyl (C=O) groups excluding carboxylic acids is 1. The van der Waals surface area contributed by atoms with E-state index in [1.165, 1.54) is 0 Å². The summed E-state index contributed by atoms with van der Waals surface area (Å²) in [5.41, 5.74) is 0. The first-order chi connectivity index (χ1) is 11.4. The number of nitrogens with one attached hydrogen (secondary N) is 3. The Hall–Kier alpha value is -1.30. The molecule has 0 unspecified atom stereocenters. The highest BCUT2D eigenvalue weighted by molar-refractivity contribution is 5.80. The molecule has 1 fully saturated rings. The van der Waals surface area contributed by atoms with Crippen LogP contribution in [0.3, 0.4) is 0 Å². The topological polar surface area (TPSA) is 68.8 Å². The Morgan fingerprint density at radius 3 is 2.38 bits per heavy atom. The van der Waals surface area contributed by atoms with Crippen molar-refractivity contribution in [2.45, 2.75) is 78.4 Å². The molecule has 140 valence electrons. The first-order valence-corrected chi connectivity index (χ1v) is 9.51. The Labute approximate surface area is 147 Å². The normalized spacial score (nSPS) is 15.2. The third-order valence-electron chi connectivity index (χ3n) is 4.11. The average molecular weight is 340 g/mol. The van der Waals surface area contributed by atoms with Crippen molar-refractivity contribution >= 4 is 11.9 Å². The van der Waals surface area contributed by atoms with Gasteiger partial charge in [-0.2, -0.15) is 0 Å². The van der Waals surface area contributed by atoms with E-state index in [0.717, 1.165) is 44.9 Å². The fraction of sp³-hybridized carbons (Fsp3) is 0.889. The first-order valence-electron chi connectivity index (χ1n) is 9.51. The molecular formula is C18H37N5O. The fourth-order valence-electron chi connectivity index (χ4n) is 2.72. The number of hydrogen-bond acceptors (Lipinski definition) is 3. The van der Waals surface area contributed by atoms with Gasteiger partial charge in [0.2, 0.25) is 5.91 Å². The Morgan fingerprint density at radius 2 is 1.83 bits per heavy atom. The average Bonchev–Trinajstić information content (AvgIpc) is 3.30. The molecule has 0 saturated heterocycles. The third kappa shape index (κ3) is 9.11. The number of guanidine groups is 1. The van der Waals surface area contributed by atoms with Crippen LogP contribution >= 0.6 is 0 Å². The van der Waals surface area contributed by atoms with Crippen molar-refractivity contribution in [1.29, 1.82) is 0 Å². The summed E-state index contributed by atoms with van der Waals surface area (Å²) >= 11 is 0. The summed E-state index contributed by atoms with van der Waals surface area (Å²) in [6.07, 6.45) is 3.64. The maximum absolute atomic E-state index is 11.6. The van der Waals surface area contributed by atoms with Crippen molar-refractivity contribution in [2.24, 2.45) is 4.99 Å². The lowest BCUT2D eigenvalue weighted by Gasteiger charge is -2.30. The number of aliphatic imine (C=N–C) groups is 1. The Bertz CT molecular complexity index is 383. The molecule has 1 rings (SSSR count). The summed E-state index contributed by atoms with van der Waals surface area (Å²) in [5, 5.41) is 9.66. The minimum absolute atomic E-state index is 0.162. The minimum atomic E-state index is 0.162. The monoisotopic (exact) mass is 339 g/mol. The highest BCUT2D eigenvalue weighted by atomic mass is 16.1. The predicted molar refractivity (Wildman–Crippen MR) is 101 cm³/mol. The zero-order chi connectivity index (χ0) is 17.9. The fourth-order valence-corrected chi connectivity index (χ4v) is 2.72. The lowest BCUT2D eigenvalue weighted by molar-refractivity contribution is -0.121. The van der Waals surface area contributed by atoms with Gasteiger partial charge < -0.3 is 16.0 Å². The van der Waals surface area contributed by atoms with E-state index in [0.29, 0.717) is 31.1 Å². The lowest BCUT2D eigenvalue weighted by Crippen LogP contribution is -2.45. The second-order valence-electron chi connectivity index (χ2n) is 7.06. The standard InChI is InChI=1S/C18H37N5O/c1-6-19-18(21-12-13-23(14(2)3)15(4)5)20-11-7-8-17(24)22-16-9-10-16/h14-16H,6-13H2,1-5H3,(H,22,24)(H2,19,20,21). The summed E-state index contributed by atoms with van der Waals surface area (Å²) in [7, 11) is 0. The van der Waals surface area contributed by atoms with Gasteiger partial charge in [0.15, 0.2) is 5.96 Å². The van der Waals surface area contributed by atoms with Gasteiger partial charge in [-0.25, -0.2) is 0 Å². The van der Waals surface area contributed by atoms with Gasteiger partial charge in [-0.3, -0.25) is 14.7 Å². The molecular weight excluding hydrogens is 302 g/mol. The van der Waals surface area contributed by atoms with E-state index < -0.39 is 0 Å². The molecule has 1 aliphatic carbocycles. The summed E-state index contributed by atoms with van der Waals surface area (Å²) in [6.45, 7) is 14.3. The Balaban J connectivity index is 2.26. The van der Waals surface area contributed by atoms with E-state index in [1.54, 1.807) is 0 Å². The number of rotatable bonds is 11. The number of nitrogens with zero attached hydrogens (tertiary/aromatic N) is 2. The molecule has 6 heteroatoms. The van der Waals surface area contributed by atoms with E-state index in [-0.39, 0.29) is 5.91 Å². The van der Waals surface area contributed by atoms with Crippen LogP contribution in [0.1, 0.15) is 60.3 Å². The second kappa shape index (κ2) is 11.3. The van der Waals surface area contributed by atoms with Crippen LogP contribution in [-0.2, 0) is 4.79 Å². The third-order valence-corrected chi connectivity index (χ3v) is 4.11. The number of amides is 1. The van der Waals surface area contributed by atoms with Crippen LogP contribution in [0.4, 0.5) is 0 Å². The van der Waals surface area contributed by atoms with Crippen molar-refractivity contribution in [1.82, 2.24) is 20.9 Å². The largest absolute Gasteiger partial charge is 0.357 e. The lowest BCUT2D eigenvalue weighted by atomic mass is 10.2. The van der Waals surface area contributed by atoms with Gasteiger partial charge in [-0.1, -0.05) is 0 Å². The van der Waals surface area contributed by atoms with E-state index in [9.17, 15) is 4.79 Å². The van der Waals surface area contributed by atoms with Crippen LogP contribution in [-0.4, -0.2) is 61.1 Å². The second-order valence-corrected chi connectivity index (χ2v) is 7.06. The smallest absolute Gasteiger partial charge is 0.220 e. The van der Waals surface area contributed by atoms with E-state index >= 15 is 0 Å². The van der Waals surface area contributed by atoms with Gasteiger partial charge >= 0.3 is 0 Å². The summed E-state index contributed by atoms with van der Waals surface area (Å²) < 4.78 is 0. The van der Waals surface area contributed by atoms with Gasteiger partial charge in [0.25, 0.3) is 0 Å². The van der Waals surface area contributed by atoms with Crippen molar-refractivity contribution in [2.75, 3.05) is 26.2 Å². The van der Waals surface area contributed by atoms with Gasteiger partial charge in [-0.05, 0) is 53.9 Å². The zero-order valence-corrected chi connectivity index (χ0v) is 16.2. The van der Waals surface area contributed by atoms with Crippen LogP contribution < -0.4 is 16.0 Å². The molecule has 6 nitrogen and oxygen atoms in total. The molecule has 3 N–H and O–H groups in total. The molecule has 0 atom stereocenters. The molecule has 24 heavy (non-hydrogen) atoms. The van der Waals surface area contributed by atoms with E-state index in [4.69, 9.17) is 0 Å². The van der Waals surface area contributed by atoms with Crippen molar-refractivity contribution < 1.29 is 4.79 Å². The number of hydrogen-bond donors (Lipinski definition) is 3. The Morgan fingerprint density at radius 1 is 1.17 bits per heavy atom. The van der Waals surface area contributed by atoms with Crippen molar-refractivity contribution in [3.05, 3.63) is 0 Å². The molecule has 0 heterocycles.